The van der Waals surface area contributed by atoms with E-state index >= 15 is 0 Å². The highest BCUT2D eigenvalue weighted by Crippen LogP contribution is 2.47. The second-order valence-electron chi connectivity index (χ2n) is 8.65. The summed E-state index contributed by atoms with van der Waals surface area (Å²) in [5.41, 5.74) is 0.892. The molecule has 31 heavy (non-hydrogen) atoms. The van der Waals surface area contributed by atoms with Gasteiger partial charge in [-0.2, -0.15) is 9.29 Å². The predicted octanol–water partition coefficient (Wildman–Crippen LogP) is 3.26. The van der Waals surface area contributed by atoms with Crippen LogP contribution in [0.1, 0.15) is 49.4 Å². The van der Waals surface area contributed by atoms with E-state index < -0.39 is 10.0 Å². The van der Waals surface area contributed by atoms with E-state index in [0.29, 0.717) is 55.0 Å². The van der Waals surface area contributed by atoms with Crippen LogP contribution >= 0.6 is 0 Å². The minimum atomic E-state index is -3.66. The summed E-state index contributed by atoms with van der Waals surface area (Å²) >= 11 is 0. The number of rotatable bonds is 6. The van der Waals surface area contributed by atoms with Crippen molar-refractivity contribution in [2.24, 2.45) is 5.92 Å². The van der Waals surface area contributed by atoms with Gasteiger partial charge in [0.25, 0.3) is 5.89 Å². The van der Waals surface area contributed by atoms with E-state index in [1.165, 1.54) is 17.1 Å². The molecule has 4 heterocycles. The Morgan fingerprint density at radius 3 is 2.55 bits per heavy atom. The fourth-order valence-corrected chi connectivity index (χ4v) is 6.30. The summed E-state index contributed by atoms with van der Waals surface area (Å²) < 4.78 is 38.7. The van der Waals surface area contributed by atoms with Gasteiger partial charge in [0.1, 0.15) is 10.6 Å². The average molecular weight is 444 g/mol. The fourth-order valence-electron chi connectivity index (χ4n) is 4.57. The Morgan fingerprint density at radius 2 is 1.94 bits per heavy atom. The summed E-state index contributed by atoms with van der Waals surface area (Å²) in [6, 6.07) is 3.72. The molecular formula is C21H25N5O4S. The van der Waals surface area contributed by atoms with Gasteiger partial charge in [-0.1, -0.05) is 23.2 Å². The van der Waals surface area contributed by atoms with Gasteiger partial charge in [0.15, 0.2) is 11.6 Å². The van der Waals surface area contributed by atoms with Crippen LogP contribution in [0.4, 0.5) is 0 Å². The van der Waals surface area contributed by atoms with Crippen molar-refractivity contribution in [2.45, 2.75) is 56.3 Å². The Kier molecular flexibility index (Phi) is 4.93. The molecule has 1 aliphatic heterocycles. The zero-order valence-corrected chi connectivity index (χ0v) is 18.4. The molecule has 3 aromatic heterocycles. The molecule has 1 aliphatic carbocycles. The summed E-state index contributed by atoms with van der Waals surface area (Å²) in [7, 11) is -3.66. The molecular weight excluding hydrogens is 418 g/mol. The molecule has 0 aromatic carbocycles. The molecule has 1 saturated carbocycles. The molecule has 2 fully saturated rings. The molecule has 0 N–H and O–H groups in total. The van der Waals surface area contributed by atoms with Gasteiger partial charge in [-0.15, -0.1) is 0 Å². The molecule has 9 nitrogen and oxygen atoms in total. The van der Waals surface area contributed by atoms with E-state index in [4.69, 9.17) is 14.0 Å². The minimum absolute atomic E-state index is 0.181. The first-order valence-electron chi connectivity index (χ1n) is 10.6. The lowest BCUT2D eigenvalue weighted by molar-refractivity contribution is 0.198. The molecule has 0 atom stereocenters. The van der Waals surface area contributed by atoms with Gasteiger partial charge in [0.2, 0.25) is 10.0 Å². The summed E-state index contributed by atoms with van der Waals surface area (Å²) in [6.07, 6.45) is 8.06. The highest BCUT2D eigenvalue weighted by molar-refractivity contribution is 7.89. The van der Waals surface area contributed by atoms with Crippen molar-refractivity contribution in [3.63, 3.8) is 0 Å². The molecule has 5 rings (SSSR count). The highest BCUT2D eigenvalue weighted by Gasteiger charge is 2.46. The number of pyridine rings is 1. The van der Waals surface area contributed by atoms with Gasteiger partial charge in [-0.05, 0) is 51.2 Å². The van der Waals surface area contributed by atoms with Gasteiger partial charge in [-0.3, -0.25) is 4.98 Å². The van der Waals surface area contributed by atoms with Crippen LogP contribution in [0, 0.1) is 19.8 Å². The van der Waals surface area contributed by atoms with Crippen molar-refractivity contribution < 1.29 is 17.5 Å². The van der Waals surface area contributed by atoms with Gasteiger partial charge >= 0.3 is 0 Å². The number of aryl methyl sites for hydroxylation is 2. The predicted molar refractivity (Wildman–Crippen MR) is 111 cm³/mol. The molecule has 10 heteroatoms. The minimum Gasteiger partial charge on any atom is -0.360 e. The molecule has 0 unspecified atom stereocenters. The Morgan fingerprint density at radius 1 is 1.16 bits per heavy atom. The maximum atomic E-state index is 13.2. The number of sulfonamides is 1. The molecule has 2 aliphatic rings. The third-order valence-corrected chi connectivity index (χ3v) is 8.57. The van der Waals surface area contributed by atoms with Crippen molar-refractivity contribution in [3.8, 4) is 11.5 Å². The van der Waals surface area contributed by atoms with Crippen LogP contribution in [0.25, 0.3) is 11.5 Å². The maximum absolute atomic E-state index is 13.2. The summed E-state index contributed by atoms with van der Waals surface area (Å²) in [5, 5.41) is 8.14. The third kappa shape index (κ3) is 3.67. The molecule has 0 spiro atoms. The van der Waals surface area contributed by atoms with Gasteiger partial charge in [-0.25, -0.2) is 8.42 Å². The number of piperidine rings is 1. The van der Waals surface area contributed by atoms with Gasteiger partial charge < -0.3 is 9.05 Å². The third-order valence-electron chi connectivity index (χ3n) is 6.43. The van der Waals surface area contributed by atoms with Crippen LogP contribution in [0.3, 0.4) is 0 Å². The Labute approximate surface area is 180 Å². The van der Waals surface area contributed by atoms with Crippen molar-refractivity contribution >= 4 is 10.0 Å². The molecule has 0 radical (unpaired) electrons. The van der Waals surface area contributed by atoms with Gasteiger partial charge in [0, 0.05) is 30.9 Å². The van der Waals surface area contributed by atoms with E-state index in [1.807, 2.05) is 12.1 Å². The number of hydrogen-bond acceptors (Lipinski definition) is 8. The standard InChI is InChI=1S/C21H25N5O4S/c1-14-18(15(2)29-24-14)31(27,28)26-10-7-21(8-11-26,12-16-5-6-16)20-23-19(30-25-20)17-4-3-9-22-13-17/h3-4,9,13,16H,5-8,10-12H2,1-2H3. The first kappa shape index (κ1) is 20.3. The van der Waals surface area contributed by atoms with Crippen molar-refractivity contribution in [2.75, 3.05) is 13.1 Å². The Bertz CT molecular complexity index is 1160. The van der Waals surface area contributed by atoms with E-state index in [2.05, 4.69) is 15.3 Å². The van der Waals surface area contributed by atoms with Crippen LogP contribution in [-0.2, 0) is 15.4 Å². The van der Waals surface area contributed by atoms with Crippen molar-refractivity contribution in [1.29, 1.82) is 0 Å². The second kappa shape index (κ2) is 7.52. The lowest BCUT2D eigenvalue weighted by atomic mass is 9.74. The zero-order chi connectivity index (χ0) is 21.6. The largest absolute Gasteiger partial charge is 0.360 e. The van der Waals surface area contributed by atoms with Crippen molar-refractivity contribution in [3.05, 3.63) is 41.8 Å². The van der Waals surface area contributed by atoms with Crippen molar-refractivity contribution in [1.82, 2.24) is 24.6 Å². The first-order chi connectivity index (χ1) is 14.9. The van der Waals surface area contributed by atoms with Gasteiger partial charge in [0.05, 0.1) is 5.56 Å². The highest BCUT2D eigenvalue weighted by atomic mass is 32.2. The summed E-state index contributed by atoms with van der Waals surface area (Å²) in [5.74, 6) is 2.09. The normalized spacial score (nSPS) is 19.5. The van der Waals surface area contributed by atoms with Crippen LogP contribution in [-0.4, -0.2) is 46.1 Å². The maximum Gasteiger partial charge on any atom is 0.259 e. The van der Waals surface area contributed by atoms with E-state index in [1.54, 1.807) is 26.2 Å². The molecule has 0 amide bonds. The number of hydrogen-bond donors (Lipinski definition) is 0. The van der Waals surface area contributed by atoms with E-state index in [9.17, 15) is 8.42 Å². The molecule has 0 bridgehead atoms. The molecule has 1 saturated heterocycles. The lowest BCUT2D eigenvalue weighted by Crippen LogP contribution is -2.46. The van der Waals surface area contributed by atoms with E-state index in [0.717, 1.165) is 12.0 Å². The van der Waals surface area contributed by atoms with E-state index in [-0.39, 0.29) is 10.3 Å². The topological polar surface area (TPSA) is 115 Å². The molecule has 164 valence electrons. The summed E-state index contributed by atoms with van der Waals surface area (Å²) in [6.45, 7) is 4.09. The monoisotopic (exact) mass is 443 g/mol. The van der Waals surface area contributed by atoms with Crippen LogP contribution in [0.2, 0.25) is 0 Å². The first-order valence-corrected chi connectivity index (χ1v) is 12.0. The summed E-state index contributed by atoms with van der Waals surface area (Å²) in [4.78, 5) is 9.01. The number of aromatic nitrogens is 4. The Hall–Kier alpha value is -2.59. The zero-order valence-electron chi connectivity index (χ0n) is 17.6. The number of nitrogens with zero attached hydrogens (tertiary/aromatic N) is 5. The quantitative estimate of drug-likeness (QED) is 0.570. The SMILES string of the molecule is Cc1noc(C)c1S(=O)(=O)N1CCC(CC2CC2)(c2noc(-c3cccnc3)n2)CC1. The van der Waals surface area contributed by atoms with Crippen LogP contribution in [0.15, 0.2) is 38.5 Å². The van der Waals surface area contributed by atoms with Crippen LogP contribution in [0.5, 0.6) is 0 Å². The van der Waals surface area contributed by atoms with Crippen LogP contribution < -0.4 is 0 Å². The second-order valence-corrected chi connectivity index (χ2v) is 10.5. The Balaban J connectivity index is 1.41. The lowest BCUT2D eigenvalue weighted by Gasteiger charge is -2.39. The molecule has 3 aromatic rings. The smallest absolute Gasteiger partial charge is 0.259 e. The fraction of sp³-hybridized carbons (Fsp3) is 0.524. The average Bonchev–Trinajstić information content (AvgIpc) is 3.30.